The Morgan fingerprint density at radius 2 is 2.20 bits per heavy atom. The van der Waals surface area contributed by atoms with Gasteiger partial charge in [0, 0.05) is 22.9 Å². The third-order valence-corrected chi connectivity index (χ3v) is 4.36. The van der Waals surface area contributed by atoms with Gasteiger partial charge in [-0.05, 0) is 50.0 Å². The minimum atomic E-state index is -0.281. The molecule has 0 saturated heterocycles. The quantitative estimate of drug-likeness (QED) is 0.540. The van der Waals surface area contributed by atoms with E-state index < -0.39 is 0 Å². The highest BCUT2D eigenvalue weighted by molar-refractivity contribution is 5.86. The molecule has 2 atom stereocenters. The van der Waals surface area contributed by atoms with E-state index in [1.54, 1.807) is 6.07 Å². The number of benzene rings is 1. The summed E-state index contributed by atoms with van der Waals surface area (Å²) in [5.74, 6) is 1.17. The molecule has 1 aromatic carbocycles. The molecule has 1 aromatic heterocycles. The van der Waals surface area contributed by atoms with Gasteiger partial charge in [-0.3, -0.25) is 0 Å². The molecule has 0 amide bonds. The summed E-state index contributed by atoms with van der Waals surface area (Å²) in [5, 5.41) is 1.01. The topological polar surface area (TPSA) is 39.4 Å². The molecule has 3 nitrogen and oxygen atoms in total. The summed E-state index contributed by atoms with van der Waals surface area (Å²) in [7, 11) is 0. The van der Waals surface area contributed by atoms with Gasteiger partial charge in [0.2, 0.25) is 0 Å². The Morgan fingerprint density at radius 3 is 3.10 bits per heavy atom. The Balaban J connectivity index is 2.01. The van der Waals surface area contributed by atoms with Gasteiger partial charge >= 0.3 is 5.63 Å². The van der Waals surface area contributed by atoms with Crippen LogP contribution in [0.5, 0.6) is 5.75 Å². The van der Waals surface area contributed by atoms with Gasteiger partial charge in [0.15, 0.2) is 0 Å². The Hall–Kier alpha value is -2.03. The lowest BCUT2D eigenvalue weighted by molar-refractivity contribution is 0.252. The molecule has 1 aliphatic carbocycles. The summed E-state index contributed by atoms with van der Waals surface area (Å²) in [4.78, 5) is 11.7. The second-order valence-corrected chi connectivity index (χ2v) is 5.65. The van der Waals surface area contributed by atoms with Gasteiger partial charge in [-0.25, -0.2) is 4.79 Å². The van der Waals surface area contributed by atoms with Crippen LogP contribution in [0, 0.1) is 6.92 Å². The number of aryl methyl sites for hydroxylation is 1. The highest BCUT2D eigenvalue weighted by Gasteiger charge is 2.36. The first-order chi connectivity index (χ1) is 9.74. The van der Waals surface area contributed by atoms with Crippen molar-refractivity contribution in [1.29, 1.82) is 0 Å². The lowest BCUT2D eigenvalue weighted by Gasteiger charge is -2.13. The molecule has 4 rings (SSSR count). The van der Waals surface area contributed by atoms with Gasteiger partial charge in [0.1, 0.15) is 17.4 Å². The Labute approximate surface area is 116 Å². The van der Waals surface area contributed by atoms with E-state index in [1.807, 2.05) is 19.1 Å². The van der Waals surface area contributed by atoms with Crippen LogP contribution in [0.15, 0.2) is 39.6 Å². The van der Waals surface area contributed by atoms with E-state index in [0.29, 0.717) is 5.92 Å². The fraction of sp³-hybridized carbons (Fsp3) is 0.353. The van der Waals surface area contributed by atoms with E-state index in [1.165, 1.54) is 0 Å². The molecule has 2 aliphatic rings. The van der Waals surface area contributed by atoms with Gasteiger partial charge in [-0.15, -0.1) is 0 Å². The summed E-state index contributed by atoms with van der Waals surface area (Å²) >= 11 is 0. The third kappa shape index (κ3) is 1.62. The molecule has 20 heavy (non-hydrogen) atoms. The second-order valence-electron chi connectivity index (χ2n) is 5.65. The zero-order valence-corrected chi connectivity index (χ0v) is 11.4. The fourth-order valence-electron chi connectivity index (χ4n) is 3.40. The number of hydrogen-bond donors (Lipinski definition) is 0. The van der Waals surface area contributed by atoms with Crippen molar-refractivity contribution in [2.45, 2.75) is 38.2 Å². The van der Waals surface area contributed by atoms with E-state index in [9.17, 15) is 4.79 Å². The van der Waals surface area contributed by atoms with Crippen LogP contribution in [0.1, 0.15) is 36.3 Å². The molecule has 1 aliphatic heterocycles. The monoisotopic (exact) mass is 268 g/mol. The highest BCUT2D eigenvalue weighted by atomic mass is 16.5. The molecule has 0 radical (unpaired) electrons. The summed E-state index contributed by atoms with van der Waals surface area (Å²) in [6.45, 7) is 1.95. The third-order valence-electron chi connectivity index (χ3n) is 4.36. The lowest BCUT2D eigenvalue weighted by atomic mass is 9.90. The second kappa shape index (κ2) is 4.23. The molecular formula is C17H16O3. The van der Waals surface area contributed by atoms with Crippen LogP contribution in [-0.2, 0) is 0 Å². The Kier molecular flexibility index (Phi) is 2.49. The fourth-order valence-corrected chi connectivity index (χ4v) is 3.40. The van der Waals surface area contributed by atoms with Gasteiger partial charge in [0.25, 0.3) is 0 Å². The van der Waals surface area contributed by atoms with Gasteiger partial charge in [-0.2, -0.15) is 0 Å². The van der Waals surface area contributed by atoms with Crippen molar-refractivity contribution in [3.8, 4) is 5.75 Å². The number of fused-ring (bicyclic) bond motifs is 5. The molecule has 2 heterocycles. The van der Waals surface area contributed by atoms with E-state index >= 15 is 0 Å². The number of ether oxygens (including phenoxy) is 1. The predicted octanol–water partition coefficient (Wildman–Crippen LogP) is 3.69. The molecular weight excluding hydrogens is 252 g/mol. The summed E-state index contributed by atoms with van der Waals surface area (Å²) in [6.07, 6.45) is 7.75. The average molecular weight is 268 g/mol. The normalized spacial score (nSPS) is 24.1. The van der Waals surface area contributed by atoms with Crippen molar-refractivity contribution in [2.75, 3.05) is 0 Å². The van der Waals surface area contributed by atoms with Crippen LogP contribution >= 0.6 is 0 Å². The smallest absolute Gasteiger partial charge is 0.336 e. The maximum absolute atomic E-state index is 11.7. The minimum absolute atomic E-state index is 0.0870. The Morgan fingerprint density at radius 1 is 1.30 bits per heavy atom. The van der Waals surface area contributed by atoms with Crippen molar-refractivity contribution >= 4 is 11.0 Å². The number of allylic oxidation sites excluding steroid dienone is 1. The van der Waals surface area contributed by atoms with E-state index in [-0.39, 0.29) is 11.7 Å². The maximum atomic E-state index is 11.7. The molecule has 102 valence electrons. The zero-order valence-electron chi connectivity index (χ0n) is 11.4. The molecule has 3 heteroatoms. The molecule has 0 N–H and O–H groups in total. The van der Waals surface area contributed by atoms with Gasteiger partial charge in [0.05, 0.1) is 0 Å². The van der Waals surface area contributed by atoms with Gasteiger partial charge in [-0.1, -0.05) is 6.08 Å². The first kappa shape index (κ1) is 11.8. The number of rotatable bonds is 0. The van der Waals surface area contributed by atoms with Crippen LogP contribution in [-0.4, -0.2) is 6.10 Å². The molecule has 2 unspecified atom stereocenters. The first-order valence-corrected chi connectivity index (χ1v) is 7.15. The standard InChI is InChI=1S/C17H16O3/c1-10-9-15(18)20-17-11(10)7-8-14-16(17)12-5-3-2-4-6-13(12)19-14/h4,6-9,12-13H,2-3,5H2,1H3. The first-order valence-electron chi connectivity index (χ1n) is 7.15. The van der Waals surface area contributed by atoms with Crippen molar-refractivity contribution in [3.05, 3.63) is 51.9 Å². The molecule has 0 fully saturated rings. The van der Waals surface area contributed by atoms with E-state index in [4.69, 9.17) is 9.15 Å². The summed E-state index contributed by atoms with van der Waals surface area (Å²) < 4.78 is 11.5. The van der Waals surface area contributed by atoms with Crippen LogP contribution in [0.25, 0.3) is 11.0 Å². The van der Waals surface area contributed by atoms with Crippen molar-refractivity contribution in [1.82, 2.24) is 0 Å². The van der Waals surface area contributed by atoms with Crippen LogP contribution in [0.2, 0.25) is 0 Å². The van der Waals surface area contributed by atoms with E-state index in [2.05, 4.69) is 12.2 Å². The van der Waals surface area contributed by atoms with E-state index in [0.717, 1.165) is 47.1 Å². The molecule has 0 saturated carbocycles. The van der Waals surface area contributed by atoms with Crippen molar-refractivity contribution in [2.24, 2.45) is 0 Å². The molecule has 0 bridgehead atoms. The zero-order chi connectivity index (χ0) is 13.7. The van der Waals surface area contributed by atoms with Crippen molar-refractivity contribution < 1.29 is 9.15 Å². The minimum Gasteiger partial charge on any atom is -0.485 e. The number of hydrogen-bond acceptors (Lipinski definition) is 3. The SMILES string of the molecule is Cc1cc(=O)oc2c3c(ccc12)OC1C=CCCCC31. The highest BCUT2D eigenvalue weighted by Crippen LogP contribution is 2.46. The van der Waals surface area contributed by atoms with Crippen LogP contribution in [0.4, 0.5) is 0 Å². The lowest BCUT2D eigenvalue weighted by Crippen LogP contribution is -2.14. The Bertz CT molecular complexity index is 770. The summed E-state index contributed by atoms with van der Waals surface area (Å²) in [5.41, 5.74) is 2.48. The molecule has 2 aromatic rings. The largest absolute Gasteiger partial charge is 0.485 e. The van der Waals surface area contributed by atoms with Crippen LogP contribution in [0.3, 0.4) is 0 Å². The van der Waals surface area contributed by atoms with Crippen LogP contribution < -0.4 is 10.4 Å². The maximum Gasteiger partial charge on any atom is 0.336 e. The predicted molar refractivity (Wildman–Crippen MR) is 77.4 cm³/mol. The summed E-state index contributed by atoms with van der Waals surface area (Å²) in [6, 6.07) is 5.55. The van der Waals surface area contributed by atoms with Gasteiger partial charge < -0.3 is 9.15 Å². The molecule has 0 spiro atoms. The average Bonchev–Trinajstić information content (AvgIpc) is 2.61. The van der Waals surface area contributed by atoms with Crippen molar-refractivity contribution in [3.63, 3.8) is 0 Å².